The number of pyridine rings is 1. The number of hydrogen-bond donors (Lipinski definition) is 0. The van der Waals surface area contributed by atoms with Gasteiger partial charge in [0.05, 0.1) is 5.75 Å². The third-order valence-electron chi connectivity index (χ3n) is 2.19. The van der Waals surface area contributed by atoms with E-state index in [1.165, 1.54) is 0 Å². The van der Waals surface area contributed by atoms with Gasteiger partial charge in [-0.25, -0.2) is 0 Å². The molecular weight excluding hydrogens is 194 g/mol. The number of nitrogens with zero attached hydrogens (tertiary/aromatic N) is 1. The molecule has 0 aliphatic rings. The van der Waals surface area contributed by atoms with Crippen LogP contribution in [-0.2, 0) is 4.79 Å². The molecule has 0 saturated heterocycles. The molecule has 1 heterocycles. The summed E-state index contributed by atoms with van der Waals surface area (Å²) in [7, 11) is 0. The summed E-state index contributed by atoms with van der Waals surface area (Å²) in [4.78, 5) is 16.5. The standard InChI is InChI=1S/C11H15NOS/c1-3-9(2)11(13)8-14-10-4-6-12-7-5-10/h4-7,9H,3,8H2,1-2H3. The van der Waals surface area contributed by atoms with Crippen molar-refractivity contribution in [3.05, 3.63) is 24.5 Å². The van der Waals surface area contributed by atoms with Gasteiger partial charge in [0.2, 0.25) is 0 Å². The zero-order chi connectivity index (χ0) is 10.4. The Morgan fingerprint density at radius 2 is 2.14 bits per heavy atom. The van der Waals surface area contributed by atoms with Crippen molar-refractivity contribution in [3.8, 4) is 0 Å². The van der Waals surface area contributed by atoms with Crippen LogP contribution in [0.5, 0.6) is 0 Å². The van der Waals surface area contributed by atoms with Crippen molar-refractivity contribution in [1.29, 1.82) is 0 Å². The number of hydrogen-bond acceptors (Lipinski definition) is 3. The van der Waals surface area contributed by atoms with Crippen molar-refractivity contribution in [2.75, 3.05) is 5.75 Å². The SMILES string of the molecule is CCC(C)C(=O)CSc1ccncc1. The monoisotopic (exact) mass is 209 g/mol. The topological polar surface area (TPSA) is 30.0 Å². The molecular formula is C11H15NOS. The van der Waals surface area contributed by atoms with Gasteiger partial charge >= 0.3 is 0 Å². The molecule has 1 unspecified atom stereocenters. The second kappa shape index (κ2) is 5.81. The smallest absolute Gasteiger partial charge is 0.145 e. The lowest BCUT2D eigenvalue weighted by molar-refractivity contribution is -0.119. The normalized spacial score (nSPS) is 12.4. The molecule has 0 bridgehead atoms. The predicted molar refractivity (Wildman–Crippen MR) is 59.4 cm³/mol. The van der Waals surface area contributed by atoms with Crippen LogP contribution in [0, 0.1) is 5.92 Å². The average Bonchev–Trinajstić information content (AvgIpc) is 2.26. The van der Waals surface area contributed by atoms with Crippen LogP contribution in [0.15, 0.2) is 29.4 Å². The number of Topliss-reactive ketones (excluding diaryl/α,β-unsaturated/α-hetero) is 1. The number of rotatable bonds is 5. The molecule has 14 heavy (non-hydrogen) atoms. The average molecular weight is 209 g/mol. The summed E-state index contributed by atoms with van der Waals surface area (Å²) < 4.78 is 0. The van der Waals surface area contributed by atoms with E-state index < -0.39 is 0 Å². The molecule has 0 amide bonds. The fourth-order valence-corrected chi connectivity index (χ4v) is 1.87. The molecule has 1 atom stereocenters. The van der Waals surface area contributed by atoms with E-state index in [0.29, 0.717) is 11.5 Å². The number of thioether (sulfide) groups is 1. The van der Waals surface area contributed by atoms with Crippen molar-refractivity contribution in [2.45, 2.75) is 25.2 Å². The van der Waals surface area contributed by atoms with Crippen LogP contribution in [0.4, 0.5) is 0 Å². The summed E-state index contributed by atoms with van der Waals surface area (Å²) in [6.07, 6.45) is 4.42. The number of carbonyl (C=O) groups is 1. The first-order valence-corrected chi connectivity index (χ1v) is 5.78. The summed E-state index contributed by atoms with van der Waals surface area (Å²) in [6, 6.07) is 3.85. The summed E-state index contributed by atoms with van der Waals surface area (Å²) in [5.41, 5.74) is 0. The van der Waals surface area contributed by atoms with Gasteiger partial charge in [-0.2, -0.15) is 0 Å². The number of carbonyl (C=O) groups excluding carboxylic acids is 1. The van der Waals surface area contributed by atoms with Crippen LogP contribution in [0.3, 0.4) is 0 Å². The summed E-state index contributed by atoms with van der Waals surface area (Å²) in [6.45, 7) is 4.02. The van der Waals surface area contributed by atoms with Crippen molar-refractivity contribution in [1.82, 2.24) is 4.98 Å². The van der Waals surface area contributed by atoms with Gasteiger partial charge in [0, 0.05) is 23.2 Å². The summed E-state index contributed by atoms with van der Waals surface area (Å²) in [5.74, 6) is 1.08. The fourth-order valence-electron chi connectivity index (χ4n) is 0.959. The third kappa shape index (κ3) is 3.50. The first kappa shape index (κ1) is 11.2. The van der Waals surface area contributed by atoms with Crippen LogP contribution in [0.25, 0.3) is 0 Å². The van der Waals surface area contributed by atoms with Crippen molar-refractivity contribution >= 4 is 17.5 Å². The fraction of sp³-hybridized carbons (Fsp3) is 0.455. The molecule has 2 nitrogen and oxygen atoms in total. The zero-order valence-corrected chi connectivity index (χ0v) is 9.38. The molecule has 0 N–H and O–H groups in total. The maximum atomic E-state index is 11.5. The molecule has 76 valence electrons. The van der Waals surface area contributed by atoms with Gasteiger partial charge in [-0.05, 0) is 18.6 Å². The minimum atomic E-state index is 0.185. The predicted octanol–water partition coefficient (Wildman–Crippen LogP) is 2.79. The largest absolute Gasteiger partial charge is 0.298 e. The van der Waals surface area contributed by atoms with Crippen molar-refractivity contribution in [3.63, 3.8) is 0 Å². The molecule has 0 radical (unpaired) electrons. The van der Waals surface area contributed by atoms with Gasteiger partial charge in [0.15, 0.2) is 0 Å². The lowest BCUT2D eigenvalue weighted by Crippen LogP contribution is -2.11. The van der Waals surface area contributed by atoms with E-state index in [2.05, 4.69) is 4.98 Å². The molecule has 0 fully saturated rings. The van der Waals surface area contributed by atoms with Crippen LogP contribution in [0.2, 0.25) is 0 Å². The van der Waals surface area contributed by atoms with E-state index in [1.54, 1.807) is 24.2 Å². The third-order valence-corrected chi connectivity index (χ3v) is 3.23. The molecule has 1 rings (SSSR count). The summed E-state index contributed by atoms with van der Waals surface area (Å²) in [5, 5.41) is 0. The molecule has 1 aromatic heterocycles. The van der Waals surface area contributed by atoms with E-state index in [0.717, 1.165) is 11.3 Å². The van der Waals surface area contributed by atoms with Gasteiger partial charge in [-0.1, -0.05) is 13.8 Å². The van der Waals surface area contributed by atoms with Gasteiger partial charge in [-0.15, -0.1) is 11.8 Å². The van der Waals surface area contributed by atoms with Crippen LogP contribution >= 0.6 is 11.8 Å². The highest BCUT2D eigenvalue weighted by atomic mass is 32.2. The van der Waals surface area contributed by atoms with E-state index in [1.807, 2.05) is 26.0 Å². The van der Waals surface area contributed by atoms with Gasteiger partial charge in [0.1, 0.15) is 5.78 Å². The maximum absolute atomic E-state index is 11.5. The highest BCUT2D eigenvalue weighted by Crippen LogP contribution is 2.18. The molecule has 0 saturated carbocycles. The minimum Gasteiger partial charge on any atom is -0.298 e. The van der Waals surface area contributed by atoms with Crippen LogP contribution in [-0.4, -0.2) is 16.5 Å². The molecule has 0 aromatic carbocycles. The molecule has 3 heteroatoms. The second-order valence-electron chi connectivity index (χ2n) is 3.25. The molecule has 0 aliphatic heterocycles. The van der Waals surface area contributed by atoms with Crippen LogP contribution in [0.1, 0.15) is 20.3 Å². The van der Waals surface area contributed by atoms with E-state index >= 15 is 0 Å². The minimum absolute atomic E-state index is 0.185. The lowest BCUT2D eigenvalue weighted by atomic mass is 10.1. The zero-order valence-electron chi connectivity index (χ0n) is 8.56. The Morgan fingerprint density at radius 1 is 1.50 bits per heavy atom. The quantitative estimate of drug-likeness (QED) is 0.698. The second-order valence-corrected chi connectivity index (χ2v) is 4.30. The van der Waals surface area contributed by atoms with E-state index in [4.69, 9.17) is 0 Å². The summed E-state index contributed by atoms with van der Waals surface area (Å²) >= 11 is 1.58. The Hall–Kier alpha value is -0.830. The number of aromatic nitrogens is 1. The number of ketones is 1. The van der Waals surface area contributed by atoms with E-state index in [9.17, 15) is 4.79 Å². The lowest BCUT2D eigenvalue weighted by Gasteiger charge is -2.06. The Morgan fingerprint density at radius 3 is 2.71 bits per heavy atom. The van der Waals surface area contributed by atoms with E-state index in [-0.39, 0.29) is 5.92 Å². The molecule has 1 aromatic rings. The highest BCUT2D eigenvalue weighted by molar-refractivity contribution is 8.00. The Labute approximate surface area is 89.1 Å². The Balaban J connectivity index is 2.38. The van der Waals surface area contributed by atoms with Crippen molar-refractivity contribution in [2.24, 2.45) is 5.92 Å². The first-order chi connectivity index (χ1) is 6.74. The van der Waals surface area contributed by atoms with Gasteiger partial charge in [0.25, 0.3) is 0 Å². The van der Waals surface area contributed by atoms with Gasteiger partial charge in [-0.3, -0.25) is 9.78 Å². The van der Waals surface area contributed by atoms with Gasteiger partial charge < -0.3 is 0 Å². The van der Waals surface area contributed by atoms with Crippen LogP contribution < -0.4 is 0 Å². The Kier molecular flexibility index (Phi) is 4.66. The first-order valence-electron chi connectivity index (χ1n) is 4.79. The highest BCUT2D eigenvalue weighted by Gasteiger charge is 2.10. The molecule has 0 spiro atoms. The maximum Gasteiger partial charge on any atom is 0.145 e. The molecule has 0 aliphatic carbocycles. The Bertz CT molecular complexity index is 287. The van der Waals surface area contributed by atoms with Crippen molar-refractivity contribution < 1.29 is 4.79 Å².